The van der Waals surface area contributed by atoms with Crippen LogP contribution in [0.5, 0.6) is 5.75 Å². The zero-order chi connectivity index (χ0) is 14.4. The van der Waals surface area contributed by atoms with Crippen molar-refractivity contribution in [3.63, 3.8) is 0 Å². The van der Waals surface area contributed by atoms with Crippen LogP contribution < -0.4 is 10.5 Å². The first-order valence-corrected chi connectivity index (χ1v) is 7.11. The molecule has 1 atom stereocenters. The van der Waals surface area contributed by atoms with Gasteiger partial charge < -0.3 is 15.4 Å². The highest BCUT2D eigenvalue weighted by Crippen LogP contribution is 2.08. The van der Waals surface area contributed by atoms with E-state index in [4.69, 9.17) is 10.5 Å². The number of nitrogens with two attached hydrogens (primary N) is 1. The number of nitrogens with zero attached hydrogens (tertiary/aromatic N) is 2. The lowest BCUT2D eigenvalue weighted by Crippen LogP contribution is -2.53. The molecule has 0 aliphatic carbocycles. The summed E-state index contributed by atoms with van der Waals surface area (Å²) in [6.07, 6.45) is 0. The van der Waals surface area contributed by atoms with Crippen molar-refractivity contribution in [3.8, 4) is 5.75 Å². The summed E-state index contributed by atoms with van der Waals surface area (Å²) in [6, 6.07) is 9.42. The number of para-hydroxylation sites is 1. The second-order valence-corrected chi connectivity index (χ2v) is 5.12. The molecule has 1 aromatic carbocycles. The quantitative estimate of drug-likeness (QED) is 0.880. The van der Waals surface area contributed by atoms with Crippen LogP contribution in [0, 0.1) is 0 Å². The Hall–Kier alpha value is -1.30. The summed E-state index contributed by atoms with van der Waals surface area (Å²) in [5.74, 6) is 0.948. The first-order valence-electron chi connectivity index (χ1n) is 7.11. The molecular weight excluding hydrogens is 290 g/mol. The molecule has 118 valence electrons. The fourth-order valence-corrected chi connectivity index (χ4v) is 2.29. The van der Waals surface area contributed by atoms with Crippen LogP contribution in [-0.4, -0.2) is 61.1 Å². The SMILES string of the molecule is CC(N)C(=O)N1CCN(CCOc2ccccc2)CC1.Cl. The van der Waals surface area contributed by atoms with Gasteiger partial charge in [0.1, 0.15) is 12.4 Å². The number of halogens is 1. The van der Waals surface area contributed by atoms with Gasteiger partial charge in [0.25, 0.3) is 0 Å². The summed E-state index contributed by atoms with van der Waals surface area (Å²) in [5, 5.41) is 0. The molecule has 0 radical (unpaired) electrons. The Bertz CT molecular complexity index is 420. The number of carbonyl (C=O) groups excluding carboxylic acids is 1. The maximum Gasteiger partial charge on any atom is 0.239 e. The van der Waals surface area contributed by atoms with Crippen molar-refractivity contribution in [1.29, 1.82) is 0 Å². The van der Waals surface area contributed by atoms with E-state index in [9.17, 15) is 4.79 Å². The molecule has 1 fully saturated rings. The number of rotatable bonds is 5. The Labute approximate surface area is 132 Å². The molecule has 1 saturated heterocycles. The topological polar surface area (TPSA) is 58.8 Å². The van der Waals surface area contributed by atoms with Gasteiger partial charge in [-0.3, -0.25) is 9.69 Å². The van der Waals surface area contributed by atoms with Gasteiger partial charge in [-0.15, -0.1) is 12.4 Å². The number of piperazine rings is 1. The molecule has 0 aromatic heterocycles. The van der Waals surface area contributed by atoms with Gasteiger partial charge in [0.15, 0.2) is 0 Å². The van der Waals surface area contributed by atoms with E-state index < -0.39 is 6.04 Å². The third-order valence-electron chi connectivity index (χ3n) is 3.49. The van der Waals surface area contributed by atoms with Crippen molar-refractivity contribution in [2.75, 3.05) is 39.3 Å². The fourth-order valence-electron chi connectivity index (χ4n) is 2.29. The lowest BCUT2D eigenvalue weighted by molar-refractivity contribution is -0.133. The van der Waals surface area contributed by atoms with E-state index in [0.29, 0.717) is 6.61 Å². The normalized spacial score (nSPS) is 17.0. The zero-order valence-corrected chi connectivity index (χ0v) is 13.2. The Morgan fingerprint density at radius 2 is 1.86 bits per heavy atom. The third kappa shape index (κ3) is 5.53. The van der Waals surface area contributed by atoms with Gasteiger partial charge in [-0.1, -0.05) is 18.2 Å². The van der Waals surface area contributed by atoms with E-state index in [1.165, 1.54) is 0 Å². The number of hydrogen-bond acceptors (Lipinski definition) is 4. The minimum absolute atomic E-state index is 0. The van der Waals surface area contributed by atoms with Crippen molar-refractivity contribution < 1.29 is 9.53 Å². The van der Waals surface area contributed by atoms with Crippen molar-refractivity contribution in [3.05, 3.63) is 30.3 Å². The predicted molar refractivity (Wildman–Crippen MR) is 85.9 cm³/mol. The molecule has 0 saturated carbocycles. The number of hydrogen-bond donors (Lipinski definition) is 1. The second-order valence-electron chi connectivity index (χ2n) is 5.12. The summed E-state index contributed by atoms with van der Waals surface area (Å²) >= 11 is 0. The smallest absolute Gasteiger partial charge is 0.239 e. The van der Waals surface area contributed by atoms with Crippen LogP contribution in [0.4, 0.5) is 0 Å². The van der Waals surface area contributed by atoms with Gasteiger partial charge in [0.05, 0.1) is 6.04 Å². The molecule has 2 N–H and O–H groups in total. The predicted octanol–water partition coefficient (Wildman–Crippen LogP) is 0.979. The highest BCUT2D eigenvalue weighted by molar-refractivity contribution is 5.85. The third-order valence-corrected chi connectivity index (χ3v) is 3.49. The molecular formula is C15H24ClN3O2. The highest BCUT2D eigenvalue weighted by atomic mass is 35.5. The summed E-state index contributed by atoms with van der Waals surface area (Å²) in [6.45, 7) is 6.58. The van der Waals surface area contributed by atoms with Crippen LogP contribution in [0.15, 0.2) is 30.3 Å². The van der Waals surface area contributed by atoms with E-state index in [1.54, 1.807) is 6.92 Å². The summed E-state index contributed by atoms with van der Waals surface area (Å²) in [4.78, 5) is 15.9. The maximum absolute atomic E-state index is 11.8. The van der Waals surface area contributed by atoms with Crippen LogP contribution in [0.3, 0.4) is 0 Å². The first-order chi connectivity index (χ1) is 9.66. The average molecular weight is 314 g/mol. The maximum atomic E-state index is 11.8. The van der Waals surface area contributed by atoms with Gasteiger partial charge in [-0.25, -0.2) is 0 Å². The molecule has 6 heteroatoms. The van der Waals surface area contributed by atoms with E-state index in [2.05, 4.69) is 4.90 Å². The summed E-state index contributed by atoms with van der Waals surface area (Å²) in [5.41, 5.74) is 5.62. The monoisotopic (exact) mass is 313 g/mol. The van der Waals surface area contributed by atoms with E-state index in [1.807, 2.05) is 35.2 Å². The van der Waals surface area contributed by atoms with Crippen LogP contribution in [0.2, 0.25) is 0 Å². The second kappa shape index (κ2) is 8.87. The standard InChI is InChI=1S/C15H23N3O2.ClH/c1-13(16)15(19)18-9-7-17(8-10-18)11-12-20-14-5-3-2-4-6-14;/h2-6,13H,7-12,16H2,1H3;1H. The Morgan fingerprint density at radius 3 is 2.43 bits per heavy atom. The van der Waals surface area contributed by atoms with Crippen LogP contribution in [-0.2, 0) is 4.79 Å². The molecule has 1 aliphatic rings. The molecule has 1 heterocycles. The average Bonchev–Trinajstić information content (AvgIpc) is 2.48. The molecule has 1 amide bonds. The molecule has 0 bridgehead atoms. The molecule has 21 heavy (non-hydrogen) atoms. The largest absolute Gasteiger partial charge is 0.492 e. The van der Waals surface area contributed by atoms with Crippen LogP contribution in [0.25, 0.3) is 0 Å². The van der Waals surface area contributed by atoms with Crippen LogP contribution >= 0.6 is 12.4 Å². The molecule has 1 aliphatic heterocycles. The minimum Gasteiger partial charge on any atom is -0.492 e. The first kappa shape index (κ1) is 17.8. The van der Waals surface area contributed by atoms with E-state index in [0.717, 1.165) is 38.5 Å². The zero-order valence-electron chi connectivity index (χ0n) is 12.4. The Balaban J connectivity index is 0.00000220. The van der Waals surface area contributed by atoms with Crippen molar-refractivity contribution in [2.45, 2.75) is 13.0 Å². The number of carbonyl (C=O) groups is 1. The number of benzene rings is 1. The number of amides is 1. The van der Waals surface area contributed by atoms with Gasteiger partial charge in [-0.05, 0) is 19.1 Å². The van der Waals surface area contributed by atoms with Crippen molar-refractivity contribution >= 4 is 18.3 Å². The Morgan fingerprint density at radius 1 is 1.24 bits per heavy atom. The summed E-state index contributed by atoms with van der Waals surface area (Å²) < 4.78 is 5.68. The fraction of sp³-hybridized carbons (Fsp3) is 0.533. The van der Waals surface area contributed by atoms with Gasteiger partial charge in [-0.2, -0.15) is 0 Å². The number of ether oxygens (including phenoxy) is 1. The lowest BCUT2D eigenvalue weighted by atomic mass is 10.2. The lowest BCUT2D eigenvalue weighted by Gasteiger charge is -2.35. The highest BCUT2D eigenvalue weighted by Gasteiger charge is 2.22. The van der Waals surface area contributed by atoms with Crippen LogP contribution in [0.1, 0.15) is 6.92 Å². The molecule has 1 unspecified atom stereocenters. The van der Waals surface area contributed by atoms with Crippen molar-refractivity contribution in [2.24, 2.45) is 5.73 Å². The molecule has 2 rings (SSSR count). The molecule has 0 spiro atoms. The van der Waals surface area contributed by atoms with Gasteiger partial charge in [0, 0.05) is 32.7 Å². The van der Waals surface area contributed by atoms with E-state index >= 15 is 0 Å². The van der Waals surface area contributed by atoms with Crippen molar-refractivity contribution in [1.82, 2.24) is 9.80 Å². The molecule has 5 nitrogen and oxygen atoms in total. The van der Waals surface area contributed by atoms with Gasteiger partial charge in [0.2, 0.25) is 5.91 Å². The Kier molecular flexibility index (Phi) is 7.50. The minimum atomic E-state index is -0.400. The molecule has 1 aromatic rings. The summed E-state index contributed by atoms with van der Waals surface area (Å²) in [7, 11) is 0. The van der Waals surface area contributed by atoms with E-state index in [-0.39, 0.29) is 18.3 Å². The van der Waals surface area contributed by atoms with Gasteiger partial charge >= 0.3 is 0 Å².